The Balaban J connectivity index is 1.87. The van der Waals surface area contributed by atoms with Crippen LogP contribution in [0.2, 0.25) is 5.02 Å². The summed E-state index contributed by atoms with van der Waals surface area (Å²) in [4.78, 5) is 34.0. The Hall–Kier alpha value is -4.00. The van der Waals surface area contributed by atoms with Gasteiger partial charge in [-0.3, -0.25) is 30.7 Å². The molecule has 0 aliphatic heterocycles. The molecule has 10 nitrogen and oxygen atoms in total. The molecule has 1 aromatic carbocycles. The number of nitrogens with zero attached hydrogens (tertiary/aromatic N) is 4. The number of aromatic nitrogens is 3. The second-order valence-corrected chi connectivity index (χ2v) is 6.22. The topological polar surface area (TPSA) is 135 Å². The molecule has 2 aromatic heterocycles. The Morgan fingerprint density at radius 1 is 1.10 bits per heavy atom. The molecule has 3 N–H and O–H groups in total. The first-order valence-corrected chi connectivity index (χ1v) is 8.64. The second kappa shape index (κ2) is 8.79. The summed E-state index contributed by atoms with van der Waals surface area (Å²) in [7, 11) is 0. The smallest absolute Gasteiger partial charge is 0.334 e. The van der Waals surface area contributed by atoms with Crippen LogP contribution >= 0.6 is 11.6 Å². The van der Waals surface area contributed by atoms with Crippen LogP contribution in [0.5, 0.6) is 0 Å². The third kappa shape index (κ3) is 5.14. The van der Waals surface area contributed by atoms with Gasteiger partial charge in [0.05, 0.1) is 15.5 Å². The van der Waals surface area contributed by atoms with Crippen LogP contribution in [0.25, 0.3) is 0 Å². The number of carbonyl (C=O) groups excluding carboxylic acids is 1. The molecule has 0 aliphatic rings. The molecule has 0 unspecified atom stereocenters. The van der Waals surface area contributed by atoms with E-state index in [2.05, 4.69) is 31.1 Å². The lowest BCUT2D eigenvalue weighted by atomic mass is 10.2. The van der Waals surface area contributed by atoms with Crippen LogP contribution in [0.1, 0.15) is 15.9 Å². The van der Waals surface area contributed by atoms with Gasteiger partial charge in [0, 0.05) is 23.6 Å². The van der Waals surface area contributed by atoms with Gasteiger partial charge in [-0.15, -0.1) is 0 Å². The summed E-state index contributed by atoms with van der Waals surface area (Å²) >= 11 is 5.58. The highest BCUT2D eigenvalue weighted by atomic mass is 35.5. The maximum absolute atomic E-state index is 13.1. The molecule has 0 fully saturated rings. The van der Waals surface area contributed by atoms with Crippen molar-refractivity contribution in [1.29, 1.82) is 0 Å². The SMILES string of the molecule is O=C(NNc1ncnc(Nc2ccc(Cl)c(C(F)(F)F)c2)c1[N+](=O)[O-])c1ccncc1. The zero-order chi connectivity index (χ0) is 22.6. The molecule has 1 amide bonds. The number of hydrazine groups is 1. The molecule has 0 aliphatic carbocycles. The lowest BCUT2D eigenvalue weighted by molar-refractivity contribution is -0.383. The number of alkyl halides is 3. The minimum absolute atomic E-state index is 0.148. The fraction of sp³-hybridized carbons (Fsp3) is 0.0588. The molecule has 0 saturated heterocycles. The zero-order valence-electron chi connectivity index (χ0n) is 15.1. The Kier molecular flexibility index (Phi) is 6.15. The van der Waals surface area contributed by atoms with Gasteiger partial charge in [-0.2, -0.15) is 13.2 Å². The fourth-order valence-electron chi connectivity index (χ4n) is 2.38. The summed E-state index contributed by atoms with van der Waals surface area (Å²) in [6.45, 7) is 0. The van der Waals surface area contributed by atoms with Crippen LogP contribution in [0, 0.1) is 10.1 Å². The molecular formula is C17H11ClF3N7O3. The fourth-order valence-corrected chi connectivity index (χ4v) is 2.61. The van der Waals surface area contributed by atoms with Crippen molar-refractivity contribution < 1.29 is 22.9 Å². The summed E-state index contributed by atoms with van der Waals surface area (Å²) in [6, 6.07) is 5.70. The number of nitrogens with one attached hydrogen (secondary N) is 3. The van der Waals surface area contributed by atoms with Crippen molar-refractivity contribution in [3.8, 4) is 0 Å². The van der Waals surface area contributed by atoms with E-state index in [0.717, 1.165) is 12.4 Å². The van der Waals surface area contributed by atoms with E-state index in [9.17, 15) is 28.1 Å². The predicted octanol–water partition coefficient (Wildman–Crippen LogP) is 3.95. The van der Waals surface area contributed by atoms with E-state index in [1.807, 2.05) is 0 Å². The number of anilines is 3. The van der Waals surface area contributed by atoms with E-state index in [1.54, 1.807) is 0 Å². The summed E-state index contributed by atoms with van der Waals surface area (Å²) in [5.41, 5.74) is 2.78. The van der Waals surface area contributed by atoms with Gasteiger partial charge in [0.15, 0.2) is 0 Å². The minimum Gasteiger partial charge on any atom is -0.334 e. The first-order valence-electron chi connectivity index (χ1n) is 8.26. The van der Waals surface area contributed by atoms with Gasteiger partial charge in [0.25, 0.3) is 5.91 Å². The molecule has 0 spiro atoms. The van der Waals surface area contributed by atoms with Gasteiger partial charge in [0.2, 0.25) is 11.6 Å². The molecule has 0 atom stereocenters. The average Bonchev–Trinajstić information content (AvgIpc) is 2.73. The lowest BCUT2D eigenvalue weighted by Gasteiger charge is -2.13. The van der Waals surface area contributed by atoms with Crippen molar-refractivity contribution >= 4 is 40.5 Å². The number of nitro groups is 1. The maximum Gasteiger partial charge on any atom is 0.417 e. The Morgan fingerprint density at radius 3 is 2.42 bits per heavy atom. The number of carbonyl (C=O) groups is 1. The van der Waals surface area contributed by atoms with Crippen LogP contribution in [0.15, 0.2) is 49.1 Å². The molecular weight excluding hydrogens is 443 g/mol. The van der Waals surface area contributed by atoms with E-state index in [4.69, 9.17) is 11.6 Å². The highest BCUT2D eigenvalue weighted by Gasteiger charge is 2.33. The van der Waals surface area contributed by atoms with Crippen molar-refractivity contribution in [2.45, 2.75) is 6.18 Å². The first kappa shape index (κ1) is 21.7. The quantitative estimate of drug-likeness (QED) is 0.377. The number of halogens is 4. The summed E-state index contributed by atoms with van der Waals surface area (Å²) in [5, 5.41) is 13.5. The molecule has 3 rings (SSSR count). The van der Waals surface area contributed by atoms with Crippen molar-refractivity contribution in [3.63, 3.8) is 0 Å². The van der Waals surface area contributed by atoms with Gasteiger partial charge in [-0.25, -0.2) is 9.97 Å². The van der Waals surface area contributed by atoms with E-state index in [0.29, 0.717) is 6.07 Å². The monoisotopic (exact) mass is 453 g/mol. The average molecular weight is 454 g/mol. The largest absolute Gasteiger partial charge is 0.417 e. The molecule has 0 radical (unpaired) electrons. The normalized spacial score (nSPS) is 11.0. The highest BCUT2D eigenvalue weighted by molar-refractivity contribution is 6.31. The molecule has 0 bridgehead atoms. The Bertz CT molecular complexity index is 1130. The molecule has 2 heterocycles. The Labute approximate surface area is 176 Å². The first-order chi connectivity index (χ1) is 14.7. The van der Waals surface area contributed by atoms with E-state index < -0.39 is 44.9 Å². The molecule has 14 heteroatoms. The van der Waals surface area contributed by atoms with E-state index in [-0.39, 0.29) is 11.3 Å². The second-order valence-electron chi connectivity index (χ2n) is 5.81. The molecule has 3 aromatic rings. The number of benzene rings is 1. The number of rotatable bonds is 6. The van der Waals surface area contributed by atoms with Crippen LogP contribution in [0.3, 0.4) is 0 Å². The third-order valence-corrected chi connectivity index (χ3v) is 4.11. The van der Waals surface area contributed by atoms with Crippen LogP contribution in [-0.4, -0.2) is 25.8 Å². The minimum atomic E-state index is -4.73. The number of amides is 1. The maximum atomic E-state index is 13.1. The summed E-state index contributed by atoms with van der Waals surface area (Å²) in [5.74, 6) is -1.43. The van der Waals surface area contributed by atoms with Crippen LogP contribution < -0.4 is 16.2 Å². The van der Waals surface area contributed by atoms with E-state index in [1.165, 1.54) is 30.6 Å². The van der Waals surface area contributed by atoms with Gasteiger partial charge in [0.1, 0.15) is 6.33 Å². The summed E-state index contributed by atoms with van der Waals surface area (Å²) < 4.78 is 39.2. The third-order valence-electron chi connectivity index (χ3n) is 3.78. The van der Waals surface area contributed by atoms with Gasteiger partial charge in [-0.05, 0) is 30.3 Å². The Morgan fingerprint density at radius 2 is 1.77 bits per heavy atom. The van der Waals surface area contributed by atoms with Gasteiger partial charge in [-0.1, -0.05) is 11.6 Å². The van der Waals surface area contributed by atoms with Gasteiger partial charge < -0.3 is 5.32 Å². The number of pyridine rings is 1. The zero-order valence-corrected chi connectivity index (χ0v) is 15.9. The van der Waals surface area contributed by atoms with E-state index >= 15 is 0 Å². The van der Waals surface area contributed by atoms with Crippen molar-refractivity contribution in [1.82, 2.24) is 20.4 Å². The number of hydrogen-bond acceptors (Lipinski definition) is 8. The molecule has 160 valence electrons. The number of hydrogen-bond donors (Lipinski definition) is 3. The highest BCUT2D eigenvalue weighted by Crippen LogP contribution is 2.37. The summed E-state index contributed by atoms with van der Waals surface area (Å²) in [6.07, 6.45) is -1.04. The van der Waals surface area contributed by atoms with Gasteiger partial charge >= 0.3 is 11.9 Å². The van der Waals surface area contributed by atoms with Crippen LogP contribution in [-0.2, 0) is 6.18 Å². The molecule has 31 heavy (non-hydrogen) atoms. The van der Waals surface area contributed by atoms with Crippen molar-refractivity contribution in [3.05, 3.63) is 75.3 Å². The van der Waals surface area contributed by atoms with Crippen LogP contribution in [0.4, 0.5) is 36.2 Å². The molecule has 0 saturated carbocycles. The predicted molar refractivity (Wildman–Crippen MR) is 104 cm³/mol. The van der Waals surface area contributed by atoms with Crippen molar-refractivity contribution in [2.24, 2.45) is 0 Å². The standard InChI is InChI=1S/C17H11ClF3N7O3/c18-12-2-1-10(7-11(12)17(19,20)21)25-14-13(28(30)31)15(24-8-23-14)26-27-16(29)9-3-5-22-6-4-9/h1-8H,(H,27,29)(H2,23,24,25,26). The lowest BCUT2D eigenvalue weighted by Crippen LogP contribution is -2.30. The van der Waals surface area contributed by atoms with Crippen molar-refractivity contribution in [2.75, 3.05) is 10.7 Å².